The Balaban J connectivity index is 1.49. The van der Waals surface area contributed by atoms with E-state index in [9.17, 15) is 9.59 Å². The summed E-state index contributed by atoms with van der Waals surface area (Å²) in [6.07, 6.45) is 6.73. The van der Waals surface area contributed by atoms with Crippen LogP contribution in [0.4, 0.5) is 5.69 Å². The lowest BCUT2D eigenvalue weighted by Gasteiger charge is -2.33. The SMILES string of the molecule is COc1cccc(NC(=O)C2CCC(C(=O)N3CCCCC3)CC2)c1. The van der Waals surface area contributed by atoms with Gasteiger partial charge in [-0.2, -0.15) is 0 Å². The van der Waals surface area contributed by atoms with E-state index in [2.05, 4.69) is 5.32 Å². The third kappa shape index (κ3) is 4.53. The van der Waals surface area contributed by atoms with E-state index >= 15 is 0 Å². The Morgan fingerprint density at radius 3 is 2.40 bits per heavy atom. The first-order valence-corrected chi connectivity index (χ1v) is 9.41. The molecule has 2 amide bonds. The molecule has 0 radical (unpaired) electrons. The van der Waals surface area contributed by atoms with Crippen LogP contribution in [-0.4, -0.2) is 36.9 Å². The van der Waals surface area contributed by atoms with E-state index in [4.69, 9.17) is 4.74 Å². The minimum absolute atomic E-state index is 0.00314. The van der Waals surface area contributed by atoms with E-state index in [1.807, 2.05) is 29.2 Å². The number of carbonyl (C=O) groups excluding carboxylic acids is 2. The molecule has 1 saturated heterocycles. The fourth-order valence-corrected chi connectivity index (χ4v) is 3.92. The fourth-order valence-electron chi connectivity index (χ4n) is 3.92. The Kier molecular flexibility index (Phi) is 5.95. The molecule has 0 spiro atoms. The van der Waals surface area contributed by atoms with Gasteiger partial charge in [0.05, 0.1) is 7.11 Å². The molecule has 25 heavy (non-hydrogen) atoms. The molecule has 2 aliphatic rings. The molecule has 136 valence electrons. The van der Waals surface area contributed by atoms with Crippen molar-refractivity contribution >= 4 is 17.5 Å². The predicted molar refractivity (Wildman–Crippen MR) is 97.5 cm³/mol. The topological polar surface area (TPSA) is 58.6 Å². The second kappa shape index (κ2) is 8.37. The van der Waals surface area contributed by atoms with Crippen molar-refractivity contribution in [3.8, 4) is 5.75 Å². The number of anilines is 1. The van der Waals surface area contributed by atoms with Crippen molar-refractivity contribution in [2.45, 2.75) is 44.9 Å². The van der Waals surface area contributed by atoms with Crippen LogP contribution in [0, 0.1) is 11.8 Å². The monoisotopic (exact) mass is 344 g/mol. The molecule has 0 bridgehead atoms. The van der Waals surface area contributed by atoms with Gasteiger partial charge >= 0.3 is 0 Å². The quantitative estimate of drug-likeness (QED) is 0.910. The number of methoxy groups -OCH3 is 1. The molecular weight excluding hydrogens is 316 g/mol. The predicted octanol–water partition coefficient (Wildman–Crippen LogP) is 3.45. The number of benzene rings is 1. The Labute approximate surface area is 149 Å². The second-order valence-corrected chi connectivity index (χ2v) is 7.16. The summed E-state index contributed by atoms with van der Waals surface area (Å²) in [5, 5.41) is 2.98. The van der Waals surface area contributed by atoms with Gasteiger partial charge < -0.3 is 15.0 Å². The van der Waals surface area contributed by atoms with Gasteiger partial charge in [0.2, 0.25) is 11.8 Å². The average Bonchev–Trinajstić information content (AvgIpc) is 2.68. The maximum atomic E-state index is 12.6. The van der Waals surface area contributed by atoms with Gasteiger partial charge in [0.1, 0.15) is 5.75 Å². The van der Waals surface area contributed by atoms with E-state index in [0.29, 0.717) is 5.91 Å². The summed E-state index contributed by atoms with van der Waals surface area (Å²) in [7, 11) is 1.61. The first kappa shape index (κ1) is 17.8. The van der Waals surface area contributed by atoms with Crippen LogP contribution in [0.2, 0.25) is 0 Å². The molecule has 3 rings (SSSR count). The maximum Gasteiger partial charge on any atom is 0.227 e. The van der Waals surface area contributed by atoms with Crippen LogP contribution in [0.5, 0.6) is 5.75 Å². The van der Waals surface area contributed by atoms with Crippen LogP contribution in [0.25, 0.3) is 0 Å². The number of hydrogen-bond donors (Lipinski definition) is 1. The van der Waals surface area contributed by atoms with Gasteiger partial charge in [-0.15, -0.1) is 0 Å². The number of amides is 2. The molecule has 0 unspecified atom stereocenters. The lowest BCUT2D eigenvalue weighted by molar-refractivity contribution is -0.138. The number of ether oxygens (including phenoxy) is 1. The first-order chi connectivity index (χ1) is 12.2. The lowest BCUT2D eigenvalue weighted by Crippen LogP contribution is -2.41. The van der Waals surface area contributed by atoms with E-state index < -0.39 is 0 Å². The lowest BCUT2D eigenvalue weighted by atomic mass is 9.80. The molecule has 1 aromatic rings. The average molecular weight is 344 g/mol. The molecule has 1 heterocycles. The highest BCUT2D eigenvalue weighted by Gasteiger charge is 2.32. The van der Waals surface area contributed by atoms with E-state index in [0.717, 1.165) is 63.1 Å². The number of rotatable bonds is 4. The third-order valence-electron chi connectivity index (χ3n) is 5.45. The molecule has 1 saturated carbocycles. The molecule has 1 aliphatic carbocycles. The highest BCUT2D eigenvalue weighted by molar-refractivity contribution is 5.93. The van der Waals surface area contributed by atoms with Gasteiger partial charge in [-0.1, -0.05) is 6.07 Å². The smallest absolute Gasteiger partial charge is 0.227 e. The molecule has 5 nitrogen and oxygen atoms in total. The van der Waals surface area contributed by atoms with Gasteiger partial charge in [-0.05, 0) is 57.1 Å². The van der Waals surface area contributed by atoms with E-state index in [1.54, 1.807) is 7.11 Å². The number of hydrogen-bond acceptors (Lipinski definition) is 3. The molecule has 0 aromatic heterocycles. The minimum Gasteiger partial charge on any atom is -0.497 e. The number of nitrogens with zero attached hydrogens (tertiary/aromatic N) is 1. The first-order valence-electron chi connectivity index (χ1n) is 9.41. The highest BCUT2D eigenvalue weighted by atomic mass is 16.5. The Morgan fingerprint density at radius 1 is 1.04 bits per heavy atom. The van der Waals surface area contributed by atoms with Gasteiger partial charge in [0.15, 0.2) is 0 Å². The second-order valence-electron chi connectivity index (χ2n) is 7.16. The van der Waals surface area contributed by atoms with Crippen molar-refractivity contribution in [2.24, 2.45) is 11.8 Å². The van der Waals surface area contributed by atoms with Crippen LogP contribution in [0.1, 0.15) is 44.9 Å². The molecule has 1 N–H and O–H groups in total. The van der Waals surface area contributed by atoms with Crippen molar-refractivity contribution in [2.75, 3.05) is 25.5 Å². The largest absolute Gasteiger partial charge is 0.497 e. The summed E-state index contributed by atoms with van der Waals surface area (Å²) >= 11 is 0. The standard InChI is InChI=1S/C20H28N2O3/c1-25-18-7-5-6-17(14-18)21-19(23)15-8-10-16(11-9-15)20(24)22-12-3-2-4-13-22/h5-7,14-16H,2-4,8-13H2,1H3,(H,21,23). The van der Waals surface area contributed by atoms with Crippen LogP contribution >= 0.6 is 0 Å². The number of nitrogens with one attached hydrogen (secondary N) is 1. The molecule has 5 heteroatoms. The van der Waals surface area contributed by atoms with Gasteiger partial charge in [-0.3, -0.25) is 9.59 Å². The van der Waals surface area contributed by atoms with Crippen molar-refractivity contribution in [1.29, 1.82) is 0 Å². The van der Waals surface area contributed by atoms with Gasteiger partial charge in [-0.25, -0.2) is 0 Å². The van der Waals surface area contributed by atoms with Crippen LogP contribution < -0.4 is 10.1 Å². The molecule has 1 aromatic carbocycles. The number of carbonyl (C=O) groups is 2. The summed E-state index contributed by atoms with van der Waals surface area (Å²) in [6.45, 7) is 1.82. The van der Waals surface area contributed by atoms with Gasteiger partial charge in [0.25, 0.3) is 0 Å². The normalized spacial score (nSPS) is 23.8. The summed E-state index contributed by atoms with van der Waals surface area (Å²) in [5.41, 5.74) is 0.760. The van der Waals surface area contributed by atoms with Crippen LogP contribution in [-0.2, 0) is 9.59 Å². The van der Waals surface area contributed by atoms with E-state index in [1.165, 1.54) is 6.42 Å². The zero-order valence-electron chi connectivity index (χ0n) is 15.0. The summed E-state index contributed by atoms with van der Waals surface area (Å²) in [6, 6.07) is 7.41. The highest BCUT2D eigenvalue weighted by Crippen LogP contribution is 2.31. The number of piperidine rings is 1. The fraction of sp³-hybridized carbons (Fsp3) is 0.600. The molecular formula is C20H28N2O3. The Hall–Kier alpha value is -2.04. The summed E-state index contributed by atoms with van der Waals surface area (Å²) < 4.78 is 5.19. The van der Waals surface area contributed by atoms with Crippen LogP contribution in [0.15, 0.2) is 24.3 Å². The van der Waals surface area contributed by atoms with Crippen molar-refractivity contribution in [3.05, 3.63) is 24.3 Å². The van der Waals surface area contributed by atoms with Crippen molar-refractivity contribution < 1.29 is 14.3 Å². The summed E-state index contributed by atoms with van der Waals surface area (Å²) in [4.78, 5) is 27.1. The van der Waals surface area contributed by atoms with Crippen molar-refractivity contribution in [3.63, 3.8) is 0 Å². The molecule has 0 atom stereocenters. The summed E-state index contributed by atoms with van der Waals surface area (Å²) in [5.74, 6) is 1.20. The molecule has 1 aliphatic heterocycles. The zero-order valence-corrected chi connectivity index (χ0v) is 15.0. The Morgan fingerprint density at radius 2 is 1.72 bits per heavy atom. The van der Waals surface area contributed by atoms with Gasteiger partial charge in [0, 0.05) is 36.7 Å². The third-order valence-corrected chi connectivity index (χ3v) is 5.45. The van der Waals surface area contributed by atoms with Crippen molar-refractivity contribution in [1.82, 2.24) is 4.90 Å². The Bertz CT molecular complexity index is 603. The van der Waals surface area contributed by atoms with E-state index in [-0.39, 0.29) is 17.7 Å². The number of likely N-dealkylation sites (tertiary alicyclic amines) is 1. The molecule has 2 fully saturated rings. The zero-order chi connectivity index (χ0) is 17.6. The maximum absolute atomic E-state index is 12.6. The minimum atomic E-state index is -0.00314. The van der Waals surface area contributed by atoms with Crippen LogP contribution in [0.3, 0.4) is 0 Å².